The number of pyridine rings is 1. The fourth-order valence-corrected chi connectivity index (χ4v) is 6.69. The Balaban J connectivity index is 1.73. The number of thiophene rings is 1. The number of carbonyl (C=O) groups is 2. The third-order valence-electron chi connectivity index (χ3n) is 5.46. The Hall–Kier alpha value is -2.87. The van der Waals surface area contributed by atoms with E-state index in [4.69, 9.17) is 4.74 Å². The van der Waals surface area contributed by atoms with Crippen LogP contribution in [-0.2, 0) is 10.5 Å². The maximum absolute atomic E-state index is 13.7. The summed E-state index contributed by atoms with van der Waals surface area (Å²) in [6.07, 6.45) is 1.94. The van der Waals surface area contributed by atoms with Crippen LogP contribution < -0.4 is 0 Å². The number of ether oxygens (including phenoxy) is 1. The largest absolute Gasteiger partial charge is 0.462 e. The highest BCUT2D eigenvalue weighted by atomic mass is 79.9. The molecule has 0 bridgehead atoms. The number of nitrogens with zero attached hydrogens (tertiary/aromatic N) is 1. The van der Waals surface area contributed by atoms with E-state index in [0.29, 0.717) is 21.4 Å². The van der Waals surface area contributed by atoms with E-state index in [1.165, 1.54) is 16.9 Å². The smallest absolute Gasteiger partial charge is 0.341 e. The lowest BCUT2D eigenvalue weighted by atomic mass is 10.1. The SMILES string of the molecule is CCOC(=O)c1c2c(C(=O)c3ccc(Br)cc3)sc(SCc3ccccc3)c2n2ccccc12. The molecule has 34 heavy (non-hydrogen) atoms. The molecule has 4 nitrogen and oxygen atoms in total. The van der Waals surface area contributed by atoms with Crippen LogP contribution in [0.15, 0.2) is 87.7 Å². The molecule has 0 saturated heterocycles. The minimum atomic E-state index is -0.413. The molecule has 0 aliphatic rings. The second-order valence-corrected chi connectivity index (χ2v) is 10.8. The highest BCUT2D eigenvalue weighted by molar-refractivity contribution is 9.10. The van der Waals surface area contributed by atoms with E-state index in [2.05, 4.69) is 28.1 Å². The van der Waals surface area contributed by atoms with Crippen LogP contribution in [0.3, 0.4) is 0 Å². The number of carbonyl (C=O) groups excluding carboxylic acids is 2. The summed E-state index contributed by atoms with van der Waals surface area (Å²) in [6, 6.07) is 23.3. The molecular formula is C27H20BrNO3S2. The van der Waals surface area contributed by atoms with Gasteiger partial charge in [-0.3, -0.25) is 4.79 Å². The van der Waals surface area contributed by atoms with Crippen LogP contribution in [0.2, 0.25) is 0 Å². The number of hydrogen-bond donors (Lipinski definition) is 0. The first-order valence-corrected chi connectivity index (χ1v) is 13.4. The summed E-state index contributed by atoms with van der Waals surface area (Å²) in [5, 5.41) is 0.665. The number of halogens is 1. The van der Waals surface area contributed by atoms with E-state index in [0.717, 1.165) is 25.5 Å². The van der Waals surface area contributed by atoms with Crippen LogP contribution >= 0.6 is 39.0 Å². The van der Waals surface area contributed by atoms with Crippen molar-refractivity contribution < 1.29 is 14.3 Å². The van der Waals surface area contributed by atoms with Crippen LogP contribution in [0.4, 0.5) is 0 Å². The van der Waals surface area contributed by atoms with Crippen LogP contribution in [0.25, 0.3) is 16.4 Å². The average Bonchev–Trinajstić information content (AvgIpc) is 3.39. The summed E-state index contributed by atoms with van der Waals surface area (Å²) in [4.78, 5) is 27.4. The first kappa shape index (κ1) is 22.9. The number of rotatable bonds is 7. The molecule has 0 spiro atoms. The Morgan fingerprint density at radius 1 is 1.00 bits per heavy atom. The topological polar surface area (TPSA) is 47.8 Å². The van der Waals surface area contributed by atoms with Gasteiger partial charge in [0.25, 0.3) is 0 Å². The average molecular weight is 550 g/mol. The Morgan fingerprint density at radius 2 is 1.74 bits per heavy atom. The molecule has 0 unspecified atom stereocenters. The van der Waals surface area contributed by atoms with Gasteiger partial charge in [0.1, 0.15) is 0 Å². The molecule has 2 aromatic carbocycles. The quantitative estimate of drug-likeness (QED) is 0.119. The molecule has 7 heteroatoms. The lowest BCUT2D eigenvalue weighted by Gasteiger charge is -2.04. The number of aromatic nitrogens is 1. The number of thioether (sulfide) groups is 1. The summed E-state index contributed by atoms with van der Waals surface area (Å²) >= 11 is 6.55. The molecular weight excluding hydrogens is 530 g/mol. The van der Waals surface area contributed by atoms with Crippen LogP contribution in [-0.4, -0.2) is 22.8 Å². The van der Waals surface area contributed by atoms with Gasteiger partial charge in [0, 0.05) is 27.4 Å². The molecule has 0 N–H and O–H groups in total. The Labute approximate surface area is 213 Å². The van der Waals surface area contributed by atoms with E-state index in [-0.39, 0.29) is 12.4 Å². The van der Waals surface area contributed by atoms with Crippen molar-refractivity contribution in [2.75, 3.05) is 6.61 Å². The van der Waals surface area contributed by atoms with E-state index in [1.807, 2.05) is 59.1 Å². The van der Waals surface area contributed by atoms with Crippen LogP contribution in [0, 0.1) is 0 Å². The van der Waals surface area contributed by atoms with Gasteiger partial charge >= 0.3 is 5.97 Å². The molecule has 5 rings (SSSR count). The number of esters is 1. The van der Waals surface area contributed by atoms with Gasteiger partial charge in [-0.05, 0) is 48.9 Å². The van der Waals surface area contributed by atoms with Crippen molar-refractivity contribution in [3.05, 3.63) is 105 Å². The van der Waals surface area contributed by atoms with Gasteiger partial charge in [-0.25, -0.2) is 4.79 Å². The molecule has 0 saturated carbocycles. The summed E-state index contributed by atoms with van der Waals surface area (Å²) in [6.45, 7) is 2.05. The van der Waals surface area contributed by atoms with Crippen molar-refractivity contribution in [3.63, 3.8) is 0 Å². The standard InChI is InChI=1S/C27H20BrNO3S2/c1-2-32-26(31)21-20-10-6-7-15-29(20)23-22(21)25(24(30)18-11-13-19(28)14-12-18)34-27(23)33-16-17-8-4-3-5-9-17/h3-15H,2,16H2,1H3. The molecule has 3 aromatic heterocycles. The summed E-state index contributed by atoms with van der Waals surface area (Å²) in [7, 11) is 0. The minimum absolute atomic E-state index is 0.101. The van der Waals surface area contributed by atoms with Gasteiger partial charge in [-0.15, -0.1) is 23.1 Å². The second-order valence-electron chi connectivity index (χ2n) is 7.60. The third kappa shape index (κ3) is 4.19. The number of ketones is 1. The molecule has 0 atom stereocenters. The zero-order valence-electron chi connectivity index (χ0n) is 18.3. The molecule has 5 aromatic rings. The molecule has 0 radical (unpaired) electrons. The molecule has 0 amide bonds. The van der Waals surface area contributed by atoms with Gasteiger partial charge in [0.15, 0.2) is 0 Å². The van der Waals surface area contributed by atoms with Crippen molar-refractivity contribution >= 4 is 67.2 Å². The molecule has 0 aliphatic carbocycles. The van der Waals surface area contributed by atoms with E-state index < -0.39 is 5.97 Å². The zero-order chi connectivity index (χ0) is 23.7. The Bertz CT molecular complexity index is 1500. The molecule has 3 heterocycles. The fourth-order valence-electron chi connectivity index (χ4n) is 3.95. The third-order valence-corrected chi connectivity index (χ3v) is 8.50. The second kappa shape index (κ2) is 9.78. The number of hydrogen-bond acceptors (Lipinski definition) is 5. The first-order chi connectivity index (χ1) is 16.6. The van der Waals surface area contributed by atoms with Crippen molar-refractivity contribution in [2.45, 2.75) is 16.9 Å². The Kier molecular flexibility index (Phi) is 6.59. The molecule has 170 valence electrons. The van der Waals surface area contributed by atoms with Gasteiger partial charge in [0.2, 0.25) is 5.78 Å². The number of benzene rings is 2. The van der Waals surface area contributed by atoms with Gasteiger partial charge < -0.3 is 9.14 Å². The van der Waals surface area contributed by atoms with E-state index in [9.17, 15) is 9.59 Å². The van der Waals surface area contributed by atoms with Crippen molar-refractivity contribution in [1.29, 1.82) is 0 Å². The number of fused-ring (bicyclic) bond motifs is 3. The van der Waals surface area contributed by atoms with Crippen molar-refractivity contribution in [2.24, 2.45) is 0 Å². The predicted octanol–water partition coefficient (Wildman–Crippen LogP) is 7.62. The first-order valence-electron chi connectivity index (χ1n) is 10.8. The van der Waals surface area contributed by atoms with E-state index >= 15 is 0 Å². The summed E-state index contributed by atoms with van der Waals surface area (Å²) in [5.41, 5.74) is 3.84. The highest BCUT2D eigenvalue weighted by Crippen LogP contribution is 2.44. The normalized spacial score (nSPS) is 11.2. The maximum atomic E-state index is 13.7. The lowest BCUT2D eigenvalue weighted by Crippen LogP contribution is -2.06. The van der Waals surface area contributed by atoms with Crippen molar-refractivity contribution in [3.8, 4) is 0 Å². The van der Waals surface area contributed by atoms with E-state index in [1.54, 1.807) is 30.8 Å². The molecule has 0 aliphatic heterocycles. The van der Waals surface area contributed by atoms with Crippen molar-refractivity contribution in [1.82, 2.24) is 4.40 Å². The maximum Gasteiger partial charge on any atom is 0.341 e. The van der Waals surface area contributed by atoms with Gasteiger partial charge in [0.05, 0.1) is 32.3 Å². The minimum Gasteiger partial charge on any atom is -0.462 e. The summed E-state index contributed by atoms with van der Waals surface area (Å²) in [5.74, 6) is 0.246. The lowest BCUT2D eigenvalue weighted by molar-refractivity contribution is 0.0531. The fraction of sp³-hybridized carbons (Fsp3) is 0.111. The van der Waals surface area contributed by atoms with Crippen LogP contribution in [0.1, 0.15) is 38.1 Å². The van der Waals surface area contributed by atoms with Gasteiger partial charge in [-0.1, -0.05) is 52.3 Å². The summed E-state index contributed by atoms with van der Waals surface area (Å²) < 4.78 is 9.33. The zero-order valence-corrected chi connectivity index (χ0v) is 21.5. The van der Waals surface area contributed by atoms with Gasteiger partial charge in [-0.2, -0.15) is 0 Å². The van der Waals surface area contributed by atoms with Crippen LogP contribution in [0.5, 0.6) is 0 Å². The monoisotopic (exact) mass is 549 g/mol. The Morgan fingerprint density at radius 3 is 2.47 bits per heavy atom. The molecule has 0 fully saturated rings. The highest BCUT2D eigenvalue weighted by Gasteiger charge is 2.29. The predicted molar refractivity (Wildman–Crippen MR) is 142 cm³/mol.